The van der Waals surface area contributed by atoms with E-state index in [1.54, 1.807) is 6.07 Å². The molecule has 0 spiro atoms. The molecule has 0 radical (unpaired) electrons. The Morgan fingerprint density at radius 1 is 0.952 bits per heavy atom. The molecule has 3 rings (SSSR count). The normalized spacial score (nSPS) is 15.3. The zero-order valence-corrected chi connectivity index (χ0v) is 11.3. The third kappa shape index (κ3) is 1.98. The number of carboxylic acid groups (broad SMARTS) is 1. The Hall–Kier alpha value is -2.67. The van der Waals surface area contributed by atoms with E-state index in [9.17, 15) is 23.1 Å². The Kier molecular flexibility index (Phi) is 2.80. The van der Waals surface area contributed by atoms with E-state index < -0.39 is 22.1 Å². The van der Waals surface area contributed by atoms with Gasteiger partial charge in [-0.05, 0) is 17.7 Å². The molecule has 2 aromatic carbocycles. The van der Waals surface area contributed by atoms with E-state index >= 15 is 0 Å². The van der Waals surface area contributed by atoms with Crippen LogP contribution in [0.15, 0.2) is 47.4 Å². The van der Waals surface area contributed by atoms with Gasteiger partial charge in [-0.3, -0.25) is 0 Å². The topological polar surface area (TPSA) is 97.7 Å². The monoisotopic (exact) mass is 304 g/mol. The molecule has 0 saturated heterocycles. The summed E-state index contributed by atoms with van der Waals surface area (Å²) in [6, 6.07) is 9.94. The summed E-state index contributed by atoms with van der Waals surface area (Å²) in [7, 11) is -4.29. The van der Waals surface area contributed by atoms with E-state index in [0.29, 0.717) is 0 Å². The Labute approximate surface area is 119 Å². The molecule has 2 bridgehead atoms. The molecule has 2 aromatic rings. The van der Waals surface area contributed by atoms with Crippen LogP contribution >= 0.6 is 0 Å². The van der Waals surface area contributed by atoms with Crippen LogP contribution in [-0.2, 0) is 14.3 Å². The van der Waals surface area contributed by atoms with Crippen molar-refractivity contribution in [2.75, 3.05) is 0 Å². The van der Waals surface area contributed by atoms with Crippen LogP contribution < -0.4 is 0 Å². The number of hydrogen-bond acceptors (Lipinski definition) is 5. The molecule has 0 amide bonds. The first-order valence-electron chi connectivity index (χ1n) is 5.86. The van der Waals surface area contributed by atoms with E-state index in [-0.39, 0.29) is 27.1 Å². The SMILES string of the molecule is O=C1OS(=O)(=O)c2ccccc2-c2cccc1c2C(=O)O. The van der Waals surface area contributed by atoms with Gasteiger partial charge < -0.3 is 9.29 Å². The molecule has 1 aliphatic rings. The van der Waals surface area contributed by atoms with Crippen LogP contribution in [0.25, 0.3) is 11.1 Å². The molecule has 0 aromatic heterocycles. The number of carboxylic acids is 1. The summed E-state index contributed by atoms with van der Waals surface area (Å²) in [6.45, 7) is 0. The number of benzene rings is 2. The number of carbonyl (C=O) groups is 2. The third-order valence-electron chi connectivity index (χ3n) is 3.13. The molecular formula is C14H8O6S. The molecule has 7 heteroatoms. The van der Waals surface area contributed by atoms with Crippen molar-refractivity contribution in [3.05, 3.63) is 53.6 Å². The van der Waals surface area contributed by atoms with Gasteiger partial charge in [-0.1, -0.05) is 30.3 Å². The summed E-state index contributed by atoms with van der Waals surface area (Å²) < 4.78 is 28.7. The number of fused-ring (bicyclic) bond motifs is 4. The number of aromatic carboxylic acids is 1. The maximum Gasteiger partial charge on any atom is 0.354 e. The first-order valence-corrected chi connectivity index (χ1v) is 7.27. The van der Waals surface area contributed by atoms with Gasteiger partial charge in [0.05, 0.1) is 11.1 Å². The van der Waals surface area contributed by atoms with Crippen LogP contribution in [-0.4, -0.2) is 25.5 Å². The van der Waals surface area contributed by atoms with E-state index in [1.165, 1.54) is 36.4 Å². The predicted octanol–water partition coefficient (Wildman–Crippen LogP) is 1.91. The van der Waals surface area contributed by atoms with Gasteiger partial charge in [0, 0.05) is 5.56 Å². The highest BCUT2D eigenvalue weighted by Crippen LogP contribution is 2.35. The van der Waals surface area contributed by atoms with Crippen LogP contribution in [0.1, 0.15) is 20.7 Å². The van der Waals surface area contributed by atoms with Crippen molar-refractivity contribution >= 4 is 22.1 Å². The van der Waals surface area contributed by atoms with Crippen molar-refractivity contribution in [1.82, 2.24) is 0 Å². The molecule has 0 fully saturated rings. The quantitative estimate of drug-likeness (QED) is 0.808. The molecule has 1 heterocycles. The second kappa shape index (κ2) is 4.42. The first-order chi connectivity index (χ1) is 9.92. The molecule has 0 atom stereocenters. The second-order valence-corrected chi connectivity index (χ2v) is 5.87. The highest BCUT2D eigenvalue weighted by Gasteiger charge is 2.32. The van der Waals surface area contributed by atoms with Gasteiger partial charge in [-0.2, -0.15) is 8.42 Å². The van der Waals surface area contributed by atoms with E-state index in [2.05, 4.69) is 4.18 Å². The lowest BCUT2D eigenvalue weighted by Crippen LogP contribution is -2.20. The molecule has 21 heavy (non-hydrogen) atoms. The minimum atomic E-state index is -4.29. The zero-order chi connectivity index (χ0) is 15.2. The highest BCUT2D eigenvalue weighted by atomic mass is 32.2. The Balaban J connectivity index is 2.51. The minimum absolute atomic E-state index is 0.163. The van der Waals surface area contributed by atoms with Crippen molar-refractivity contribution in [3.8, 4) is 11.1 Å². The Morgan fingerprint density at radius 2 is 1.57 bits per heavy atom. The average molecular weight is 304 g/mol. The van der Waals surface area contributed by atoms with Crippen molar-refractivity contribution in [3.63, 3.8) is 0 Å². The summed E-state index contributed by atoms with van der Waals surface area (Å²) in [6.07, 6.45) is 0. The maximum atomic E-state index is 12.1. The van der Waals surface area contributed by atoms with Gasteiger partial charge in [0.15, 0.2) is 0 Å². The van der Waals surface area contributed by atoms with Gasteiger partial charge in [0.25, 0.3) is 0 Å². The molecule has 106 valence electrons. The van der Waals surface area contributed by atoms with Crippen LogP contribution in [0.2, 0.25) is 0 Å². The third-order valence-corrected chi connectivity index (χ3v) is 4.40. The molecular weight excluding hydrogens is 296 g/mol. The average Bonchev–Trinajstić information content (AvgIpc) is 2.45. The molecule has 1 N–H and O–H groups in total. The van der Waals surface area contributed by atoms with Crippen molar-refractivity contribution in [1.29, 1.82) is 0 Å². The van der Waals surface area contributed by atoms with Crippen molar-refractivity contribution in [2.45, 2.75) is 4.90 Å². The summed E-state index contributed by atoms with van der Waals surface area (Å²) in [5.41, 5.74) is -0.219. The van der Waals surface area contributed by atoms with Crippen LogP contribution in [0.3, 0.4) is 0 Å². The van der Waals surface area contributed by atoms with Crippen LogP contribution in [0.5, 0.6) is 0 Å². The highest BCUT2D eigenvalue weighted by molar-refractivity contribution is 7.87. The molecule has 6 nitrogen and oxygen atoms in total. The van der Waals surface area contributed by atoms with Gasteiger partial charge >= 0.3 is 22.1 Å². The summed E-state index contributed by atoms with van der Waals surface area (Å²) in [5, 5.41) is 9.34. The lowest BCUT2D eigenvalue weighted by molar-refractivity contribution is 0.0670. The van der Waals surface area contributed by atoms with Gasteiger partial charge in [-0.15, -0.1) is 0 Å². The zero-order valence-electron chi connectivity index (χ0n) is 10.4. The fourth-order valence-electron chi connectivity index (χ4n) is 2.27. The van der Waals surface area contributed by atoms with Crippen LogP contribution in [0.4, 0.5) is 0 Å². The predicted molar refractivity (Wildman–Crippen MR) is 71.4 cm³/mol. The van der Waals surface area contributed by atoms with Crippen molar-refractivity contribution in [2.24, 2.45) is 0 Å². The van der Waals surface area contributed by atoms with Gasteiger partial charge in [0.1, 0.15) is 4.90 Å². The lowest BCUT2D eigenvalue weighted by Gasteiger charge is -2.17. The maximum absolute atomic E-state index is 12.1. The van der Waals surface area contributed by atoms with Crippen molar-refractivity contribution < 1.29 is 27.3 Å². The lowest BCUT2D eigenvalue weighted by atomic mass is 9.95. The fraction of sp³-hybridized carbons (Fsp3) is 0. The van der Waals surface area contributed by atoms with E-state index in [1.807, 2.05) is 0 Å². The number of rotatable bonds is 1. The first kappa shape index (κ1) is 13.3. The minimum Gasteiger partial charge on any atom is -0.478 e. The Morgan fingerprint density at radius 3 is 2.29 bits per heavy atom. The summed E-state index contributed by atoms with van der Waals surface area (Å²) in [4.78, 5) is 23.1. The largest absolute Gasteiger partial charge is 0.478 e. The van der Waals surface area contributed by atoms with E-state index in [0.717, 1.165) is 0 Å². The number of carbonyl (C=O) groups excluding carboxylic acids is 1. The molecule has 1 aliphatic heterocycles. The Bertz CT molecular complexity index is 882. The second-order valence-electron chi connectivity index (χ2n) is 4.35. The van der Waals surface area contributed by atoms with Crippen LogP contribution in [0, 0.1) is 0 Å². The van der Waals surface area contributed by atoms with Gasteiger partial charge in [-0.25, -0.2) is 9.59 Å². The number of hydrogen-bond donors (Lipinski definition) is 1. The standard InChI is InChI=1S/C14H8O6S/c15-13(16)12-9-5-3-6-10(12)14(17)20-21(18,19)11-7-2-1-4-8(9)11/h1-7H,(H,15,16). The molecule has 0 aliphatic carbocycles. The van der Waals surface area contributed by atoms with Gasteiger partial charge in [0.2, 0.25) is 0 Å². The summed E-state index contributed by atoms with van der Waals surface area (Å²) in [5.74, 6) is -2.53. The molecule has 0 saturated carbocycles. The van der Waals surface area contributed by atoms with E-state index in [4.69, 9.17) is 0 Å². The summed E-state index contributed by atoms with van der Waals surface area (Å²) >= 11 is 0. The molecule has 0 unspecified atom stereocenters. The fourth-order valence-corrected chi connectivity index (χ4v) is 3.35. The smallest absolute Gasteiger partial charge is 0.354 e.